The number of benzene rings is 1. The van der Waals surface area contributed by atoms with Crippen molar-refractivity contribution in [2.45, 2.75) is 13.1 Å². The Balaban J connectivity index is 2.34. The third-order valence-corrected chi connectivity index (χ3v) is 2.77. The largest absolute Gasteiger partial charge is 0.423 e. The van der Waals surface area contributed by atoms with E-state index in [1.165, 1.54) is 12.3 Å². The highest BCUT2D eigenvalue weighted by molar-refractivity contribution is 6.02. The Morgan fingerprint density at radius 2 is 2.00 bits per heavy atom. The third-order valence-electron chi connectivity index (χ3n) is 2.77. The summed E-state index contributed by atoms with van der Waals surface area (Å²) >= 11 is 0. The number of aromatic nitrogens is 2. The molecule has 1 aromatic carbocycles. The van der Waals surface area contributed by atoms with Gasteiger partial charge in [-0.1, -0.05) is 0 Å². The van der Waals surface area contributed by atoms with Crippen molar-refractivity contribution < 1.29 is 22.9 Å². The number of rotatable bonds is 3. The molecule has 10 heteroatoms. The Bertz CT molecular complexity index is 777. The van der Waals surface area contributed by atoms with E-state index in [0.29, 0.717) is 18.0 Å². The van der Waals surface area contributed by atoms with Crippen LogP contribution in [0.3, 0.4) is 0 Å². The molecule has 1 aromatic heterocycles. The van der Waals surface area contributed by atoms with Gasteiger partial charge in [-0.2, -0.15) is 13.2 Å². The van der Waals surface area contributed by atoms with Crippen LogP contribution in [0, 0.1) is 17.0 Å². The molecule has 0 spiro atoms. The number of nitrogens with zero attached hydrogens (tertiary/aromatic N) is 3. The third kappa shape index (κ3) is 3.78. The number of amides is 1. The Morgan fingerprint density at radius 3 is 2.57 bits per heavy atom. The van der Waals surface area contributed by atoms with E-state index in [2.05, 4.69) is 15.3 Å². The highest BCUT2D eigenvalue weighted by Gasteiger charge is 2.38. The average molecular weight is 326 g/mol. The van der Waals surface area contributed by atoms with Crippen LogP contribution in [0.1, 0.15) is 21.9 Å². The quantitative estimate of drug-likeness (QED) is 0.690. The molecule has 0 atom stereocenters. The van der Waals surface area contributed by atoms with Crippen LogP contribution >= 0.6 is 0 Å². The summed E-state index contributed by atoms with van der Waals surface area (Å²) in [4.78, 5) is 29.1. The van der Waals surface area contributed by atoms with Gasteiger partial charge in [0.1, 0.15) is 17.1 Å². The average Bonchev–Trinajstić information content (AvgIpc) is 2.46. The summed E-state index contributed by atoms with van der Waals surface area (Å²) < 4.78 is 38.6. The number of carbonyl (C=O) groups is 1. The lowest BCUT2D eigenvalue weighted by Gasteiger charge is -2.10. The fourth-order valence-corrected chi connectivity index (χ4v) is 1.78. The number of nitro benzene ring substituents is 1. The first-order valence-electron chi connectivity index (χ1n) is 6.15. The van der Waals surface area contributed by atoms with Gasteiger partial charge in [-0.05, 0) is 25.1 Å². The fourth-order valence-electron chi connectivity index (χ4n) is 1.78. The minimum absolute atomic E-state index is 0.0376. The molecule has 2 aromatic rings. The minimum atomic E-state index is -4.92. The molecule has 0 aliphatic carbocycles. The number of carbonyl (C=O) groups excluding carboxylic acids is 1. The van der Waals surface area contributed by atoms with Gasteiger partial charge in [-0.15, -0.1) is 0 Å². The standard InChI is InChI=1S/C13H9F3N4O3/c1-7-17-5-4-10(18-7)12(21)19-8-2-3-11(20(22)23)9(6-8)13(14,15)16/h2-6H,1H3,(H,19,21). The number of hydrogen-bond acceptors (Lipinski definition) is 5. The van der Waals surface area contributed by atoms with Crippen molar-refractivity contribution in [3.8, 4) is 0 Å². The van der Waals surface area contributed by atoms with Crippen molar-refractivity contribution in [3.05, 3.63) is 57.7 Å². The molecule has 0 fully saturated rings. The summed E-state index contributed by atoms with van der Waals surface area (Å²) in [6.07, 6.45) is -3.59. The molecular formula is C13H9F3N4O3. The van der Waals surface area contributed by atoms with Crippen molar-refractivity contribution in [1.82, 2.24) is 9.97 Å². The van der Waals surface area contributed by atoms with E-state index in [0.717, 1.165) is 6.07 Å². The maximum absolute atomic E-state index is 12.9. The molecule has 23 heavy (non-hydrogen) atoms. The zero-order valence-corrected chi connectivity index (χ0v) is 11.6. The van der Waals surface area contributed by atoms with Crippen LogP contribution in [0.2, 0.25) is 0 Å². The van der Waals surface area contributed by atoms with E-state index in [1.54, 1.807) is 6.92 Å². The molecule has 0 aliphatic rings. The van der Waals surface area contributed by atoms with Crippen molar-refractivity contribution in [2.24, 2.45) is 0 Å². The molecule has 7 nitrogen and oxygen atoms in total. The Hall–Kier alpha value is -3.04. The molecule has 0 saturated carbocycles. The van der Waals surface area contributed by atoms with E-state index < -0.39 is 28.3 Å². The van der Waals surface area contributed by atoms with Crippen molar-refractivity contribution in [1.29, 1.82) is 0 Å². The first kappa shape index (κ1) is 16.3. The zero-order valence-electron chi connectivity index (χ0n) is 11.6. The van der Waals surface area contributed by atoms with Crippen LogP contribution in [-0.4, -0.2) is 20.8 Å². The first-order chi connectivity index (χ1) is 10.7. The molecule has 0 unspecified atom stereocenters. The second kappa shape index (κ2) is 5.99. The maximum atomic E-state index is 12.9. The monoisotopic (exact) mass is 326 g/mol. The smallest absolute Gasteiger partial charge is 0.321 e. The van der Waals surface area contributed by atoms with Gasteiger partial charge in [0.25, 0.3) is 11.6 Å². The van der Waals surface area contributed by atoms with Crippen LogP contribution < -0.4 is 5.32 Å². The van der Waals surface area contributed by atoms with Crippen LogP contribution in [0.15, 0.2) is 30.5 Å². The van der Waals surface area contributed by atoms with Gasteiger partial charge >= 0.3 is 6.18 Å². The molecule has 0 radical (unpaired) electrons. The number of anilines is 1. The van der Waals surface area contributed by atoms with Gasteiger partial charge in [0.05, 0.1) is 4.92 Å². The second-order valence-corrected chi connectivity index (χ2v) is 4.43. The fraction of sp³-hybridized carbons (Fsp3) is 0.154. The predicted molar refractivity (Wildman–Crippen MR) is 72.8 cm³/mol. The Labute approximate surface area is 127 Å². The molecule has 1 N–H and O–H groups in total. The number of aryl methyl sites for hydroxylation is 1. The van der Waals surface area contributed by atoms with E-state index in [1.807, 2.05) is 0 Å². The summed E-state index contributed by atoms with van der Waals surface area (Å²) in [5, 5.41) is 12.9. The molecule has 0 aliphatic heterocycles. The van der Waals surface area contributed by atoms with Crippen molar-refractivity contribution >= 4 is 17.3 Å². The van der Waals surface area contributed by atoms with Crippen LogP contribution in [0.25, 0.3) is 0 Å². The van der Waals surface area contributed by atoms with E-state index >= 15 is 0 Å². The number of hydrogen-bond donors (Lipinski definition) is 1. The highest BCUT2D eigenvalue weighted by Crippen LogP contribution is 2.37. The van der Waals surface area contributed by atoms with Crippen molar-refractivity contribution in [2.75, 3.05) is 5.32 Å². The number of alkyl halides is 3. The SMILES string of the molecule is Cc1nccc(C(=O)Nc2ccc([N+](=O)[O-])c(C(F)(F)F)c2)n1. The molecule has 0 bridgehead atoms. The summed E-state index contributed by atoms with van der Waals surface area (Å²) in [6, 6.07) is 3.49. The van der Waals surface area contributed by atoms with Gasteiger partial charge in [-0.25, -0.2) is 9.97 Å². The maximum Gasteiger partial charge on any atom is 0.423 e. The van der Waals surface area contributed by atoms with E-state index in [4.69, 9.17) is 0 Å². The minimum Gasteiger partial charge on any atom is -0.321 e. The second-order valence-electron chi connectivity index (χ2n) is 4.43. The topological polar surface area (TPSA) is 98.0 Å². The van der Waals surface area contributed by atoms with Crippen LogP contribution in [0.5, 0.6) is 0 Å². The molecule has 0 saturated heterocycles. The lowest BCUT2D eigenvalue weighted by Crippen LogP contribution is -2.16. The van der Waals surface area contributed by atoms with Gasteiger partial charge in [0, 0.05) is 18.0 Å². The van der Waals surface area contributed by atoms with Crippen LogP contribution in [0.4, 0.5) is 24.5 Å². The first-order valence-corrected chi connectivity index (χ1v) is 6.15. The molecule has 2 rings (SSSR count). The summed E-state index contributed by atoms with van der Waals surface area (Å²) in [5.41, 5.74) is -2.80. The van der Waals surface area contributed by atoms with E-state index in [-0.39, 0.29) is 11.4 Å². The Morgan fingerprint density at radius 1 is 1.30 bits per heavy atom. The molecule has 120 valence electrons. The zero-order chi connectivity index (χ0) is 17.2. The molecule has 1 heterocycles. The van der Waals surface area contributed by atoms with E-state index in [9.17, 15) is 28.1 Å². The lowest BCUT2D eigenvalue weighted by atomic mass is 10.1. The highest BCUT2D eigenvalue weighted by atomic mass is 19.4. The predicted octanol–water partition coefficient (Wildman–Crippen LogP) is 2.96. The molecular weight excluding hydrogens is 317 g/mol. The summed E-state index contributed by atoms with van der Waals surface area (Å²) in [5.74, 6) is -0.435. The normalized spacial score (nSPS) is 11.1. The van der Waals surface area contributed by atoms with Gasteiger partial charge in [0.2, 0.25) is 0 Å². The molecule has 1 amide bonds. The van der Waals surface area contributed by atoms with Gasteiger partial charge in [0.15, 0.2) is 0 Å². The summed E-state index contributed by atoms with van der Waals surface area (Å²) in [7, 11) is 0. The van der Waals surface area contributed by atoms with Gasteiger partial charge in [-0.3, -0.25) is 14.9 Å². The van der Waals surface area contributed by atoms with Gasteiger partial charge < -0.3 is 5.32 Å². The number of nitro groups is 1. The van der Waals surface area contributed by atoms with Crippen LogP contribution in [-0.2, 0) is 6.18 Å². The number of halogens is 3. The summed E-state index contributed by atoms with van der Waals surface area (Å²) in [6.45, 7) is 1.55. The lowest BCUT2D eigenvalue weighted by molar-refractivity contribution is -0.388. The Kier molecular flexibility index (Phi) is 4.25. The number of nitrogens with one attached hydrogen (secondary N) is 1. The van der Waals surface area contributed by atoms with Crippen molar-refractivity contribution in [3.63, 3.8) is 0 Å².